The van der Waals surface area contributed by atoms with Crippen molar-refractivity contribution in [1.29, 1.82) is 0 Å². The molecule has 0 saturated heterocycles. The molecule has 0 radical (unpaired) electrons. The molecule has 136 valence electrons. The molecule has 0 fully saturated rings. The van der Waals surface area contributed by atoms with Gasteiger partial charge in [0.15, 0.2) is 5.82 Å². The third kappa shape index (κ3) is 4.64. The smallest absolute Gasteiger partial charge is 0.327 e. The van der Waals surface area contributed by atoms with Crippen LogP contribution in [0, 0.1) is 11.8 Å². The minimum Gasteiger partial charge on any atom is -0.481 e. The number of aromatic amines is 1. The summed E-state index contributed by atoms with van der Waals surface area (Å²) in [7, 11) is 0. The lowest BCUT2D eigenvalue weighted by Gasteiger charge is -2.06. The summed E-state index contributed by atoms with van der Waals surface area (Å²) in [6.45, 7) is 2.25. The molecule has 0 bridgehead atoms. The van der Waals surface area contributed by atoms with Crippen LogP contribution in [0.4, 0.5) is 10.6 Å². The van der Waals surface area contributed by atoms with Crippen LogP contribution >= 0.6 is 0 Å². The molecule has 3 amide bonds. The van der Waals surface area contributed by atoms with Gasteiger partial charge < -0.3 is 4.74 Å². The van der Waals surface area contributed by atoms with Crippen LogP contribution in [0.15, 0.2) is 48.5 Å². The van der Waals surface area contributed by atoms with Gasteiger partial charge in [-0.3, -0.25) is 20.5 Å². The van der Waals surface area contributed by atoms with Crippen LogP contribution in [0.2, 0.25) is 0 Å². The van der Waals surface area contributed by atoms with Crippen LogP contribution in [-0.4, -0.2) is 28.7 Å². The monoisotopic (exact) mass is 362 g/mol. The van der Waals surface area contributed by atoms with E-state index in [-0.39, 0.29) is 6.61 Å². The standard InChI is InChI=1S/C20H18N4O3/c1-2-3-7-12-27-15-10-11-17-16(13-15)18(24-23-17)21-20(26)22-19(25)14-8-5-4-6-9-14/h4-6,8-11,13H,2,12H2,1H3,(H3,21,22,23,24,25,26). The van der Waals surface area contributed by atoms with Gasteiger partial charge in [0, 0.05) is 17.4 Å². The highest BCUT2D eigenvalue weighted by Crippen LogP contribution is 2.25. The summed E-state index contributed by atoms with van der Waals surface area (Å²) >= 11 is 0. The molecule has 0 aliphatic heterocycles. The molecule has 3 N–H and O–H groups in total. The number of hydrogen-bond donors (Lipinski definition) is 3. The highest BCUT2D eigenvalue weighted by molar-refractivity contribution is 6.09. The van der Waals surface area contributed by atoms with Gasteiger partial charge in [0.25, 0.3) is 5.91 Å². The first-order chi connectivity index (χ1) is 13.2. The number of aromatic nitrogens is 2. The first-order valence-corrected chi connectivity index (χ1v) is 8.41. The van der Waals surface area contributed by atoms with Gasteiger partial charge in [0.1, 0.15) is 12.4 Å². The van der Waals surface area contributed by atoms with E-state index in [0.29, 0.717) is 22.5 Å². The minimum absolute atomic E-state index is 0.284. The number of carbonyl (C=O) groups is 2. The fourth-order valence-corrected chi connectivity index (χ4v) is 2.38. The Morgan fingerprint density at radius 1 is 1.15 bits per heavy atom. The number of fused-ring (bicyclic) bond motifs is 1. The SMILES string of the molecule is CCC#CCOc1ccc2[nH]nc(NC(=O)NC(=O)c3ccccc3)c2c1. The summed E-state index contributed by atoms with van der Waals surface area (Å²) < 4.78 is 5.57. The van der Waals surface area contributed by atoms with Crippen molar-refractivity contribution in [2.75, 3.05) is 11.9 Å². The Hall–Kier alpha value is -3.79. The molecule has 7 nitrogen and oxygen atoms in total. The number of imide groups is 1. The van der Waals surface area contributed by atoms with E-state index in [1.807, 2.05) is 6.92 Å². The molecule has 27 heavy (non-hydrogen) atoms. The first kappa shape index (κ1) is 18.0. The number of benzene rings is 2. The second-order valence-electron chi connectivity index (χ2n) is 5.55. The Balaban J connectivity index is 1.68. The largest absolute Gasteiger partial charge is 0.481 e. The fourth-order valence-electron chi connectivity index (χ4n) is 2.38. The zero-order valence-electron chi connectivity index (χ0n) is 14.7. The average molecular weight is 362 g/mol. The van der Waals surface area contributed by atoms with Crippen molar-refractivity contribution in [3.8, 4) is 17.6 Å². The van der Waals surface area contributed by atoms with Crippen molar-refractivity contribution in [2.24, 2.45) is 0 Å². The predicted octanol–water partition coefficient (Wildman–Crippen LogP) is 3.32. The normalized spacial score (nSPS) is 9.96. The highest BCUT2D eigenvalue weighted by atomic mass is 16.5. The van der Waals surface area contributed by atoms with Crippen molar-refractivity contribution in [3.63, 3.8) is 0 Å². The van der Waals surface area contributed by atoms with Crippen molar-refractivity contribution >= 4 is 28.7 Å². The van der Waals surface area contributed by atoms with Gasteiger partial charge >= 0.3 is 6.03 Å². The maximum absolute atomic E-state index is 12.1. The molecule has 1 aromatic heterocycles. The number of anilines is 1. The number of amides is 3. The summed E-state index contributed by atoms with van der Waals surface area (Å²) in [6, 6.07) is 13.1. The molecule has 0 aliphatic carbocycles. The number of H-pyrrole nitrogens is 1. The van der Waals surface area contributed by atoms with Gasteiger partial charge in [-0.2, -0.15) is 5.10 Å². The van der Waals surface area contributed by atoms with Gasteiger partial charge in [0.05, 0.1) is 5.52 Å². The van der Waals surface area contributed by atoms with Gasteiger partial charge in [-0.1, -0.05) is 31.0 Å². The van der Waals surface area contributed by atoms with Crippen molar-refractivity contribution < 1.29 is 14.3 Å². The first-order valence-electron chi connectivity index (χ1n) is 8.41. The second kappa shape index (κ2) is 8.54. The van der Waals surface area contributed by atoms with E-state index in [9.17, 15) is 9.59 Å². The van der Waals surface area contributed by atoms with Gasteiger partial charge in [0.2, 0.25) is 0 Å². The highest BCUT2D eigenvalue weighted by Gasteiger charge is 2.13. The molecule has 1 heterocycles. The van der Waals surface area contributed by atoms with Gasteiger partial charge in [-0.25, -0.2) is 4.79 Å². The quantitative estimate of drug-likeness (QED) is 0.620. The number of urea groups is 1. The van der Waals surface area contributed by atoms with Crippen LogP contribution < -0.4 is 15.4 Å². The number of carbonyl (C=O) groups excluding carboxylic acids is 2. The second-order valence-corrected chi connectivity index (χ2v) is 5.55. The molecule has 0 unspecified atom stereocenters. The lowest BCUT2D eigenvalue weighted by atomic mass is 10.2. The van der Waals surface area contributed by atoms with Crippen molar-refractivity contribution in [2.45, 2.75) is 13.3 Å². The van der Waals surface area contributed by atoms with Crippen LogP contribution in [0.3, 0.4) is 0 Å². The number of nitrogens with one attached hydrogen (secondary N) is 3. The Labute approximate surface area is 156 Å². The van der Waals surface area contributed by atoms with Crippen molar-refractivity contribution in [3.05, 3.63) is 54.1 Å². The molecule has 0 spiro atoms. The summed E-state index contributed by atoms with van der Waals surface area (Å²) in [5.74, 6) is 6.24. The van der Waals surface area contributed by atoms with E-state index in [2.05, 4.69) is 32.7 Å². The fraction of sp³-hybridized carbons (Fsp3) is 0.150. The average Bonchev–Trinajstić information content (AvgIpc) is 3.08. The van der Waals surface area contributed by atoms with E-state index in [4.69, 9.17) is 4.74 Å². The Morgan fingerprint density at radius 2 is 1.96 bits per heavy atom. The number of rotatable bonds is 4. The van der Waals surface area contributed by atoms with E-state index in [1.165, 1.54) is 0 Å². The Bertz CT molecular complexity index is 1020. The van der Waals surface area contributed by atoms with E-state index in [1.54, 1.807) is 48.5 Å². The summed E-state index contributed by atoms with van der Waals surface area (Å²) in [5, 5.41) is 12.4. The lowest BCUT2D eigenvalue weighted by molar-refractivity contribution is 0.0967. The van der Waals surface area contributed by atoms with Crippen LogP contribution in [0.1, 0.15) is 23.7 Å². The molecule has 2 aromatic carbocycles. The molecule has 3 rings (SSSR count). The number of nitrogens with zero attached hydrogens (tertiary/aromatic N) is 1. The number of hydrogen-bond acceptors (Lipinski definition) is 4. The van der Waals surface area contributed by atoms with Crippen LogP contribution in [0.5, 0.6) is 5.75 Å². The molecule has 0 atom stereocenters. The van der Waals surface area contributed by atoms with E-state index in [0.717, 1.165) is 11.9 Å². The van der Waals surface area contributed by atoms with Gasteiger partial charge in [-0.05, 0) is 30.3 Å². The van der Waals surface area contributed by atoms with Gasteiger partial charge in [-0.15, -0.1) is 5.92 Å². The van der Waals surface area contributed by atoms with E-state index < -0.39 is 11.9 Å². The third-order valence-corrected chi connectivity index (χ3v) is 3.64. The van der Waals surface area contributed by atoms with Crippen LogP contribution in [-0.2, 0) is 0 Å². The summed E-state index contributed by atoms with van der Waals surface area (Å²) in [4.78, 5) is 24.2. The zero-order chi connectivity index (χ0) is 19.1. The van der Waals surface area contributed by atoms with Crippen LogP contribution in [0.25, 0.3) is 10.9 Å². The topological polar surface area (TPSA) is 96.1 Å². The lowest BCUT2D eigenvalue weighted by Crippen LogP contribution is -2.34. The minimum atomic E-state index is -0.669. The third-order valence-electron chi connectivity index (χ3n) is 3.64. The predicted molar refractivity (Wildman–Crippen MR) is 103 cm³/mol. The Morgan fingerprint density at radius 3 is 2.74 bits per heavy atom. The molecule has 0 saturated carbocycles. The van der Waals surface area contributed by atoms with Crippen molar-refractivity contribution in [1.82, 2.24) is 15.5 Å². The number of ether oxygens (including phenoxy) is 1. The maximum atomic E-state index is 12.1. The molecular weight excluding hydrogens is 344 g/mol. The Kier molecular flexibility index (Phi) is 5.70. The zero-order valence-corrected chi connectivity index (χ0v) is 14.7. The molecule has 3 aromatic rings. The molecule has 0 aliphatic rings. The molecular formula is C20H18N4O3. The maximum Gasteiger partial charge on any atom is 0.327 e. The summed E-state index contributed by atoms with van der Waals surface area (Å²) in [6.07, 6.45) is 0.773. The summed E-state index contributed by atoms with van der Waals surface area (Å²) in [5.41, 5.74) is 1.12. The molecule has 7 heteroatoms. The van der Waals surface area contributed by atoms with E-state index >= 15 is 0 Å².